The molecule has 4 rings (SSSR count). The van der Waals surface area contributed by atoms with Gasteiger partial charge in [-0.3, -0.25) is 9.89 Å². The number of para-hydroxylation sites is 1. The molecule has 4 heteroatoms. The first-order valence-electron chi connectivity index (χ1n) is 7.48. The van der Waals surface area contributed by atoms with Crippen LogP contribution >= 0.6 is 11.6 Å². The highest BCUT2D eigenvalue weighted by Crippen LogP contribution is 2.66. The zero-order chi connectivity index (χ0) is 15.0. The molecule has 1 unspecified atom stereocenters. The average Bonchev–Trinajstić information content (AvgIpc) is 2.94. The summed E-state index contributed by atoms with van der Waals surface area (Å²) in [5, 5.41) is 3.96. The highest BCUT2D eigenvalue weighted by Gasteiger charge is 2.61. The molecule has 3 nitrogen and oxygen atoms in total. The van der Waals surface area contributed by atoms with Crippen LogP contribution in [0.3, 0.4) is 0 Å². The molecule has 0 aliphatic heterocycles. The number of aromatic amines is 1. The number of aromatic nitrogens is 2. The summed E-state index contributed by atoms with van der Waals surface area (Å²) < 4.78 is 1.62. The second kappa shape index (κ2) is 3.83. The van der Waals surface area contributed by atoms with Crippen molar-refractivity contribution in [1.82, 2.24) is 9.78 Å². The minimum absolute atomic E-state index is 0.0542. The molecule has 1 aromatic carbocycles. The quantitative estimate of drug-likeness (QED) is 0.849. The zero-order valence-corrected chi connectivity index (χ0v) is 13.3. The lowest BCUT2D eigenvalue weighted by Gasteiger charge is -2.34. The van der Waals surface area contributed by atoms with Crippen LogP contribution in [0.25, 0.3) is 5.69 Å². The van der Waals surface area contributed by atoms with Gasteiger partial charge in [-0.15, -0.1) is 0 Å². The minimum Gasteiger partial charge on any atom is -0.294 e. The lowest BCUT2D eigenvalue weighted by molar-refractivity contribution is 0.224. The second-order valence-electron chi connectivity index (χ2n) is 7.14. The Balaban J connectivity index is 1.98. The van der Waals surface area contributed by atoms with Gasteiger partial charge in [-0.1, -0.05) is 44.5 Å². The van der Waals surface area contributed by atoms with Crippen molar-refractivity contribution >= 4 is 11.6 Å². The van der Waals surface area contributed by atoms with Crippen LogP contribution in [0.4, 0.5) is 0 Å². The van der Waals surface area contributed by atoms with E-state index in [1.54, 1.807) is 4.68 Å². The summed E-state index contributed by atoms with van der Waals surface area (Å²) in [6.07, 6.45) is 2.24. The first kappa shape index (κ1) is 13.2. The molecule has 110 valence electrons. The fraction of sp³-hybridized carbons (Fsp3) is 0.471. The first-order chi connectivity index (χ1) is 9.88. The van der Waals surface area contributed by atoms with E-state index in [4.69, 9.17) is 11.6 Å². The number of rotatable bonds is 1. The molecule has 0 amide bonds. The van der Waals surface area contributed by atoms with E-state index in [1.165, 1.54) is 0 Å². The zero-order valence-electron chi connectivity index (χ0n) is 12.5. The van der Waals surface area contributed by atoms with Gasteiger partial charge in [-0.2, -0.15) is 0 Å². The summed E-state index contributed by atoms with van der Waals surface area (Å²) in [5.74, 6) is 0.352. The summed E-state index contributed by atoms with van der Waals surface area (Å²) in [7, 11) is 0. The molecular formula is C17H19ClN2O. The van der Waals surface area contributed by atoms with Crippen LogP contribution < -0.4 is 5.56 Å². The van der Waals surface area contributed by atoms with Crippen molar-refractivity contribution in [3.8, 4) is 5.69 Å². The molecule has 2 aliphatic rings. The summed E-state index contributed by atoms with van der Waals surface area (Å²) in [5.41, 5.74) is 3.10. The van der Waals surface area contributed by atoms with Crippen molar-refractivity contribution in [1.29, 1.82) is 0 Å². The third-order valence-corrected chi connectivity index (χ3v) is 6.47. The Hall–Kier alpha value is -1.48. The van der Waals surface area contributed by atoms with Gasteiger partial charge < -0.3 is 0 Å². The SMILES string of the molecule is CC1(C)C2CC[C@]1(C)c1[nH]n(-c3ccccc3Cl)c(=O)c12. The highest BCUT2D eigenvalue weighted by atomic mass is 35.5. The molecule has 2 bridgehead atoms. The lowest BCUT2D eigenvalue weighted by Crippen LogP contribution is -2.33. The Morgan fingerprint density at radius 2 is 2.00 bits per heavy atom. The predicted molar refractivity (Wildman–Crippen MR) is 84.5 cm³/mol. The van der Waals surface area contributed by atoms with E-state index in [9.17, 15) is 4.79 Å². The van der Waals surface area contributed by atoms with Gasteiger partial charge in [0.15, 0.2) is 0 Å². The van der Waals surface area contributed by atoms with Crippen LogP contribution in [-0.4, -0.2) is 9.78 Å². The van der Waals surface area contributed by atoms with Crippen LogP contribution in [0.5, 0.6) is 0 Å². The maximum Gasteiger partial charge on any atom is 0.275 e. The highest BCUT2D eigenvalue weighted by molar-refractivity contribution is 6.32. The Morgan fingerprint density at radius 1 is 1.29 bits per heavy atom. The Bertz CT molecular complexity index is 801. The van der Waals surface area contributed by atoms with E-state index >= 15 is 0 Å². The number of halogens is 1. The minimum atomic E-state index is 0.0542. The van der Waals surface area contributed by atoms with Gasteiger partial charge in [0, 0.05) is 16.7 Å². The standard InChI is InChI=1S/C17H19ClN2O/c1-16(2)10-8-9-17(16,3)14-13(10)15(21)20(19-14)12-7-5-4-6-11(12)18/h4-7,10,19H,8-9H2,1-3H3/t10?,17-/m1/s1. The van der Waals surface area contributed by atoms with Crippen molar-refractivity contribution in [2.75, 3.05) is 0 Å². The molecular weight excluding hydrogens is 284 g/mol. The molecule has 1 fully saturated rings. The lowest BCUT2D eigenvalue weighted by atomic mass is 9.70. The predicted octanol–water partition coefficient (Wildman–Crippen LogP) is 3.99. The number of benzene rings is 1. The molecule has 21 heavy (non-hydrogen) atoms. The molecule has 1 heterocycles. The van der Waals surface area contributed by atoms with Gasteiger partial charge in [0.1, 0.15) is 0 Å². The smallest absolute Gasteiger partial charge is 0.275 e. The van der Waals surface area contributed by atoms with Crippen molar-refractivity contribution in [2.24, 2.45) is 5.41 Å². The van der Waals surface area contributed by atoms with Crippen LogP contribution in [0, 0.1) is 5.41 Å². The molecule has 2 atom stereocenters. The molecule has 1 N–H and O–H groups in total. The maximum absolute atomic E-state index is 12.9. The van der Waals surface area contributed by atoms with E-state index in [0.717, 1.165) is 29.8 Å². The van der Waals surface area contributed by atoms with Crippen molar-refractivity contribution in [3.63, 3.8) is 0 Å². The molecule has 1 aromatic heterocycles. The fourth-order valence-electron chi connectivity index (χ4n) is 4.45. The summed E-state index contributed by atoms with van der Waals surface area (Å²) in [6.45, 7) is 6.86. The number of H-pyrrole nitrogens is 1. The van der Waals surface area contributed by atoms with Crippen molar-refractivity contribution in [3.05, 3.63) is 50.9 Å². The average molecular weight is 303 g/mol. The molecule has 2 aromatic rings. The van der Waals surface area contributed by atoms with Crippen molar-refractivity contribution in [2.45, 2.75) is 44.9 Å². The number of fused-ring (bicyclic) bond motifs is 5. The van der Waals surface area contributed by atoms with Gasteiger partial charge in [0.2, 0.25) is 0 Å². The van der Waals surface area contributed by atoms with Crippen LogP contribution in [0.2, 0.25) is 5.02 Å². The topological polar surface area (TPSA) is 37.8 Å². The van der Waals surface area contributed by atoms with E-state index in [2.05, 4.69) is 25.9 Å². The number of hydrogen-bond acceptors (Lipinski definition) is 1. The van der Waals surface area contributed by atoms with E-state index < -0.39 is 0 Å². The first-order valence-corrected chi connectivity index (χ1v) is 7.86. The molecule has 0 radical (unpaired) electrons. The van der Waals surface area contributed by atoms with Gasteiger partial charge in [-0.25, -0.2) is 4.68 Å². The van der Waals surface area contributed by atoms with Gasteiger partial charge in [0.25, 0.3) is 5.56 Å². The monoisotopic (exact) mass is 302 g/mol. The number of nitrogens with zero attached hydrogens (tertiary/aromatic N) is 1. The third-order valence-electron chi connectivity index (χ3n) is 6.15. The Morgan fingerprint density at radius 3 is 2.67 bits per heavy atom. The largest absolute Gasteiger partial charge is 0.294 e. The summed E-state index contributed by atoms with van der Waals surface area (Å²) >= 11 is 6.25. The molecule has 2 aliphatic carbocycles. The molecule has 0 saturated heterocycles. The maximum atomic E-state index is 12.9. The molecule has 1 saturated carbocycles. The Labute approximate surface area is 128 Å². The Kier molecular flexibility index (Phi) is 2.41. The van der Waals surface area contributed by atoms with Gasteiger partial charge in [-0.05, 0) is 36.3 Å². The third kappa shape index (κ3) is 1.38. The number of hydrogen-bond donors (Lipinski definition) is 1. The van der Waals surface area contributed by atoms with Crippen LogP contribution in [0.15, 0.2) is 29.1 Å². The van der Waals surface area contributed by atoms with E-state index in [-0.39, 0.29) is 16.4 Å². The normalized spacial score (nSPS) is 28.9. The summed E-state index contributed by atoms with van der Waals surface area (Å²) in [4.78, 5) is 12.9. The van der Waals surface area contributed by atoms with Crippen molar-refractivity contribution < 1.29 is 0 Å². The second-order valence-corrected chi connectivity index (χ2v) is 7.54. The van der Waals surface area contributed by atoms with Gasteiger partial charge in [0.05, 0.1) is 10.7 Å². The van der Waals surface area contributed by atoms with Gasteiger partial charge >= 0.3 is 0 Å². The van der Waals surface area contributed by atoms with Crippen LogP contribution in [-0.2, 0) is 5.41 Å². The number of nitrogens with one attached hydrogen (secondary N) is 1. The van der Waals surface area contributed by atoms with E-state index in [0.29, 0.717) is 10.9 Å². The fourth-order valence-corrected chi connectivity index (χ4v) is 4.67. The van der Waals surface area contributed by atoms with Crippen LogP contribution in [0.1, 0.15) is 50.8 Å². The van der Waals surface area contributed by atoms with E-state index in [1.807, 2.05) is 24.3 Å². The summed E-state index contributed by atoms with van der Waals surface area (Å²) in [6, 6.07) is 7.47. The molecule has 0 spiro atoms.